The number of urea groups is 1. The van der Waals surface area contributed by atoms with Crippen molar-refractivity contribution in [3.05, 3.63) is 29.8 Å². The number of hydrogen-bond donors (Lipinski definition) is 2. The molecule has 3 rings (SSSR count). The number of nitrogens with one attached hydrogen (secondary N) is 2. The standard InChI is InChI=1S/C20H29N3O2/c1-14(2)18(22-20(25)21-16-9-4-3-5-10-16)19(24)23-13-12-15-8-6-7-11-17(15)23/h6-8,11,14,16,18H,3-5,9-10,12-13H2,1-2H3,(H2,21,22,25)/t18-/m0/s1. The summed E-state index contributed by atoms with van der Waals surface area (Å²) in [7, 11) is 0. The fraction of sp³-hybridized carbons (Fsp3) is 0.600. The third kappa shape index (κ3) is 4.14. The lowest BCUT2D eigenvalue weighted by atomic mass is 9.96. The lowest BCUT2D eigenvalue weighted by molar-refractivity contribution is -0.121. The van der Waals surface area contributed by atoms with E-state index < -0.39 is 6.04 Å². The van der Waals surface area contributed by atoms with Gasteiger partial charge in [0.05, 0.1) is 0 Å². The molecule has 0 unspecified atom stereocenters. The quantitative estimate of drug-likeness (QED) is 0.882. The molecule has 1 aromatic carbocycles. The lowest BCUT2D eigenvalue weighted by Crippen LogP contribution is -2.55. The molecule has 1 heterocycles. The highest BCUT2D eigenvalue weighted by Crippen LogP contribution is 2.28. The Morgan fingerprint density at radius 1 is 1.12 bits per heavy atom. The molecule has 1 fully saturated rings. The summed E-state index contributed by atoms with van der Waals surface area (Å²) in [5, 5.41) is 5.98. The topological polar surface area (TPSA) is 61.4 Å². The molecule has 25 heavy (non-hydrogen) atoms. The molecule has 1 aliphatic heterocycles. The van der Waals surface area contributed by atoms with Gasteiger partial charge in [0.1, 0.15) is 6.04 Å². The summed E-state index contributed by atoms with van der Waals surface area (Å²) in [4.78, 5) is 27.3. The highest BCUT2D eigenvalue weighted by molar-refractivity contribution is 6.00. The Morgan fingerprint density at radius 2 is 1.84 bits per heavy atom. The van der Waals surface area contributed by atoms with Gasteiger partial charge >= 0.3 is 6.03 Å². The Labute approximate surface area is 150 Å². The molecule has 0 aromatic heterocycles. The Kier molecular flexibility index (Phi) is 5.61. The summed E-state index contributed by atoms with van der Waals surface area (Å²) < 4.78 is 0. The molecular weight excluding hydrogens is 314 g/mol. The minimum absolute atomic E-state index is 0.0151. The van der Waals surface area contributed by atoms with Crippen molar-refractivity contribution in [2.75, 3.05) is 11.4 Å². The molecule has 1 aliphatic carbocycles. The first-order valence-electron chi connectivity index (χ1n) is 9.52. The molecule has 2 N–H and O–H groups in total. The van der Waals surface area contributed by atoms with Crippen LogP contribution in [0.2, 0.25) is 0 Å². The lowest BCUT2D eigenvalue weighted by Gasteiger charge is -2.29. The van der Waals surface area contributed by atoms with Crippen LogP contribution in [0, 0.1) is 5.92 Å². The predicted octanol–water partition coefficient (Wildman–Crippen LogP) is 3.23. The van der Waals surface area contributed by atoms with Crippen LogP contribution in [0.1, 0.15) is 51.5 Å². The predicted molar refractivity (Wildman–Crippen MR) is 99.7 cm³/mol. The molecule has 0 spiro atoms. The van der Waals surface area contributed by atoms with Crippen molar-refractivity contribution >= 4 is 17.6 Å². The van der Waals surface area contributed by atoms with E-state index in [4.69, 9.17) is 0 Å². The first-order chi connectivity index (χ1) is 12.1. The SMILES string of the molecule is CC(C)[C@H](NC(=O)NC1CCCCC1)C(=O)N1CCc2ccccc21. The van der Waals surface area contributed by atoms with Gasteiger partial charge in [-0.05, 0) is 36.8 Å². The zero-order valence-corrected chi connectivity index (χ0v) is 15.3. The summed E-state index contributed by atoms with van der Waals surface area (Å²) in [6.07, 6.45) is 6.53. The maximum absolute atomic E-state index is 13.1. The summed E-state index contributed by atoms with van der Waals surface area (Å²) >= 11 is 0. The first-order valence-corrected chi connectivity index (χ1v) is 9.52. The molecule has 0 saturated heterocycles. The molecule has 3 amide bonds. The number of para-hydroxylation sites is 1. The van der Waals surface area contributed by atoms with Crippen molar-refractivity contribution in [2.45, 2.75) is 64.5 Å². The Hall–Kier alpha value is -2.04. The van der Waals surface area contributed by atoms with Gasteiger partial charge in [-0.15, -0.1) is 0 Å². The van der Waals surface area contributed by atoms with E-state index in [1.54, 1.807) is 0 Å². The average molecular weight is 343 g/mol. The molecule has 5 heteroatoms. The van der Waals surface area contributed by atoms with E-state index in [9.17, 15) is 9.59 Å². The Morgan fingerprint density at radius 3 is 2.56 bits per heavy atom. The van der Waals surface area contributed by atoms with Crippen molar-refractivity contribution < 1.29 is 9.59 Å². The Bertz CT molecular complexity index is 623. The molecular formula is C20H29N3O2. The highest BCUT2D eigenvalue weighted by Gasteiger charge is 2.33. The molecule has 1 saturated carbocycles. The molecule has 0 bridgehead atoms. The second-order valence-corrected chi connectivity index (χ2v) is 7.54. The smallest absolute Gasteiger partial charge is 0.315 e. The number of carbonyl (C=O) groups is 2. The van der Waals surface area contributed by atoms with Crippen LogP contribution in [0.25, 0.3) is 0 Å². The fourth-order valence-electron chi connectivity index (χ4n) is 3.86. The minimum Gasteiger partial charge on any atom is -0.335 e. The van der Waals surface area contributed by atoms with Crippen molar-refractivity contribution in [1.29, 1.82) is 0 Å². The van der Waals surface area contributed by atoms with Gasteiger partial charge in [-0.2, -0.15) is 0 Å². The van der Waals surface area contributed by atoms with Crippen molar-refractivity contribution in [3.63, 3.8) is 0 Å². The van der Waals surface area contributed by atoms with E-state index in [1.165, 1.54) is 24.8 Å². The number of carbonyl (C=O) groups excluding carboxylic acids is 2. The van der Waals surface area contributed by atoms with Crippen molar-refractivity contribution in [3.8, 4) is 0 Å². The van der Waals surface area contributed by atoms with Gasteiger partial charge in [0.2, 0.25) is 5.91 Å². The van der Waals surface area contributed by atoms with E-state index >= 15 is 0 Å². The largest absolute Gasteiger partial charge is 0.335 e. The number of fused-ring (bicyclic) bond motifs is 1. The maximum atomic E-state index is 13.1. The van der Waals surface area contributed by atoms with E-state index in [-0.39, 0.29) is 23.9 Å². The summed E-state index contributed by atoms with van der Waals surface area (Å²) in [5.74, 6) is 0.0242. The van der Waals surface area contributed by atoms with E-state index in [0.717, 1.165) is 24.9 Å². The molecule has 0 radical (unpaired) electrons. The summed E-state index contributed by atoms with van der Waals surface area (Å²) in [6.45, 7) is 4.64. The number of benzene rings is 1. The second-order valence-electron chi connectivity index (χ2n) is 7.54. The molecule has 1 aromatic rings. The van der Waals surface area contributed by atoms with Crippen LogP contribution in [0.15, 0.2) is 24.3 Å². The monoisotopic (exact) mass is 343 g/mol. The molecule has 1 atom stereocenters. The number of nitrogens with zero attached hydrogens (tertiary/aromatic N) is 1. The first kappa shape index (κ1) is 17.8. The van der Waals surface area contributed by atoms with Crippen LogP contribution in [-0.4, -0.2) is 30.6 Å². The number of rotatable bonds is 4. The molecule has 136 valence electrons. The summed E-state index contributed by atoms with van der Waals surface area (Å²) in [6, 6.07) is 7.53. The maximum Gasteiger partial charge on any atom is 0.315 e. The van der Waals surface area contributed by atoms with Crippen molar-refractivity contribution in [1.82, 2.24) is 10.6 Å². The van der Waals surface area contributed by atoms with Crippen LogP contribution in [0.5, 0.6) is 0 Å². The van der Waals surface area contributed by atoms with Gasteiger partial charge in [-0.25, -0.2) is 4.79 Å². The minimum atomic E-state index is -0.505. The normalized spacial score (nSPS) is 18.8. The van der Waals surface area contributed by atoms with Crippen LogP contribution in [0.4, 0.5) is 10.5 Å². The average Bonchev–Trinajstić information content (AvgIpc) is 3.04. The number of anilines is 1. The third-order valence-corrected chi connectivity index (χ3v) is 5.31. The van der Waals surface area contributed by atoms with Gasteiger partial charge in [-0.3, -0.25) is 4.79 Å². The van der Waals surface area contributed by atoms with Crippen LogP contribution >= 0.6 is 0 Å². The molecule has 2 aliphatic rings. The number of amides is 3. The van der Waals surface area contributed by atoms with Crippen LogP contribution in [-0.2, 0) is 11.2 Å². The fourth-order valence-corrected chi connectivity index (χ4v) is 3.86. The van der Waals surface area contributed by atoms with Gasteiger partial charge in [0, 0.05) is 18.3 Å². The zero-order valence-electron chi connectivity index (χ0n) is 15.3. The van der Waals surface area contributed by atoms with E-state index in [1.807, 2.05) is 36.9 Å². The van der Waals surface area contributed by atoms with Gasteiger partial charge in [-0.1, -0.05) is 51.3 Å². The van der Waals surface area contributed by atoms with E-state index in [2.05, 4.69) is 16.7 Å². The van der Waals surface area contributed by atoms with E-state index in [0.29, 0.717) is 6.54 Å². The number of hydrogen-bond acceptors (Lipinski definition) is 2. The molecule has 5 nitrogen and oxygen atoms in total. The third-order valence-electron chi connectivity index (χ3n) is 5.31. The van der Waals surface area contributed by atoms with Crippen LogP contribution in [0.3, 0.4) is 0 Å². The van der Waals surface area contributed by atoms with Gasteiger partial charge in [0.25, 0.3) is 0 Å². The highest BCUT2D eigenvalue weighted by atomic mass is 16.2. The zero-order chi connectivity index (χ0) is 17.8. The Balaban J connectivity index is 1.64. The van der Waals surface area contributed by atoms with Crippen molar-refractivity contribution in [2.24, 2.45) is 5.92 Å². The van der Waals surface area contributed by atoms with Crippen LogP contribution < -0.4 is 15.5 Å². The van der Waals surface area contributed by atoms with Gasteiger partial charge < -0.3 is 15.5 Å². The summed E-state index contributed by atoms with van der Waals surface area (Å²) in [5.41, 5.74) is 2.18. The second kappa shape index (κ2) is 7.89. The van der Waals surface area contributed by atoms with Gasteiger partial charge in [0.15, 0.2) is 0 Å².